The van der Waals surface area contributed by atoms with Crippen LogP contribution in [0.5, 0.6) is 0 Å². The maximum Gasteiger partial charge on any atom is 0.416 e. The molecule has 0 saturated carbocycles. The molecule has 1 aromatic carbocycles. The van der Waals surface area contributed by atoms with Crippen molar-refractivity contribution in [1.82, 2.24) is 19.8 Å². The Morgan fingerprint density at radius 1 is 1.06 bits per heavy atom. The lowest BCUT2D eigenvalue weighted by atomic mass is 10.2. The number of hydrogen-bond acceptors (Lipinski definition) is 5. The van der Waals surface area contributed by atoms with Crippen molar-refractivity contribution in [2.24, 2.45) is 0 Å². The maximum absolute atomic E-state index is 12.8. The van der Waals surface area contributed by atoms with Gasteiger partial charge in [-0.25, -0.2) is 13.1 Å². The first-order valence-corrected chi connectivity index (χ1v) is 10.8. The number of halogens is 3. The molecule has 0 aliphatic carbocycles. The largest absolute Gasteiger partial charge is 0.416 e. The van der Waals surface area contributed by atoms with Crippen molar-refractivity contribution in [3.63, 3.8) is 0 Å². The van der Waals surface area contributed by atoms with E-state index in [1.165, 1.54) is 9.80 Å². The van der Waals surface area contributed by atoms with Crippen LogP contribution in [0.15, 0.2) is 29.2 Å². The fourth-order valence-electron chi connectivity index (χ4n) is 2.82. The summed E-state index contributed by atoms with van der Waals surface area (Å²) in [5.41, 5.74) is -1.12. The van der Waals surface area contributed by atoms with Gasteiger partial charge in [-0.05, 0) is 32.0 Å². The molecule has 0 bridgehead atoms. The van der Waals surface area contributed by atoms with Gasteiger partial charge in [-0.1, -0.05) is 6.07 Å². The Hall–Kier alpha value is -2.67. The van der Waals surface area contributed by atoms with Gasteiger partial charge < -0.3 is 15.1 Å². The molecule has 1 heterocycles. The molecular formula is C18H23F3N4O5S. The van der Waals surface area contributed by atoms with Crippen LogP contribution in [-0.4, -0.2) is 74.7 Å². The highest BCUT2D eigenvalue weighted by Gasteiger charge is 2.32. The second-order valence-corrected chi connectivity index (χ2v) is 8.92. The van der Waals surface area contributed by atoms with Crippen LogP contribution in [0.25, 0.3) is 0 Å². The molecule has 2 rings (SSSR count). The highest BCUT2D eigenvalue weighted by molar-refractivity contribution is 7.89. The molecule has 3 amide bonds. The molecule has 0 spiro atoms. The smallest absolute Gasteiger partial charge is 0.346 e. The zero-order valence-corrected chi connectivity index (χ0v) is 17.7. The van der Waals surface area contributed by atoms with E-state index in [1.54, 1.807) is 13.8 Å². The SMILES string of the molecule is CC(C)NC(=O)C(=O)N1CCN(C(=O)CNS(=O)(=O)c2cccc(C(F)(F)F)c2)CC1. The normalized spacial score (nSPS) is 15.2. The molecule has 0 atom stereocenters. The van der Waals surface area contributed by atoms with Crippen LogP contribution < -0.4 is 10.0 Å². The van der Waals surface area contributed by atoms with Crippen molar-refractivity contribution in [2.45, 2.75) is 31.0 Å². The summed E-state index contributed by atoms with van der Waals surface area (Å²) in [6.07, 6.45) is -4.70. The predicted molar refractivity (Wildman–Crippen MR) is 103 cm³/mol. The third-order valence-corrected chi connectivity index (χ3v) is 5.82. The van der Waals surface area contributed by atoms with E-state index < -0.39 is 50.9 Å². The molecule has 172 valence electrons. The highest BCUT2D eigenvalue weighted by Crippen LogP contribution is 2.30. The van der Waals surface area contributed by atoms with Gasteiger partial charge in [0.05, 0.1) is 17.0 Å². The van der Waals surface area contributed by atoms with Crippen LogP contribution in [0.4, 0.5) is 13.2 Å². The topological polar surface area (TPSA) is 116 Å². The molecular weight excluding hydrogens is 441 g/mol. The Labute approximate surface area is 177 Å². The first-order chi connectivity index (χ1) is 14.3. The van der Waals surface area contributed by atoms with Gasteiger partial charge in [0.25, 0.3) is 0 Å². The average Bonchev–Trinajstić information content (AvgIpc) is 2.70. The lowest BCUT2D eigenvalue weighted by Crippen LogP contribution is -2.55. The van der Waals surface area contributed by atoms with E-state index in [0.717, 1.165) is 18.2 Å². The molecule has 9 nitrogen and oxygen atoms in total. The van der Waals surface area contributed by atoms with Gasteiger partial charge in [0.1, 0.15) is 0 Å². The Morgan fingerprint density at radius 2 is 1.65 bits per heavy atom. The summed E-state index contributed by atoms with van der Waals surface area (Å²) < 4.78 is 64.9. The predicted octanol–water partition coefficient (Wildman–Crippen LogP) is 0.179. The number of hydrogen-bond donors (Lipinski definition) is 2. The third kappa shape index (κ3) is 6.66. The van der Waals surface area contributed by atoms with Crippen LogP contribution in [-0.2, 0) is 30.6 Å². The molecule has 1 aliphatic heterocycles. The quantitative estimate of drug-likeness (QED) is 0.604. The Kier molecular flexibility index (Phi) is 7.65. The monoisotopic (exact) mass is 464 g/mol. The van der Waals surface area contributed by atoms with Crippen molar-refractivity contribution in [3.05, 3.63) is 29.8 Å². The fraction of sp³-hybridized carbons (Fsp3) is 0.500. The molecule has 0 aromatic heterocycles. The second kappa shape index (κ2) is 9.64. The number of nitrogens with one attached hydrogen (secondary N) is 2. The van der Waals surface area contributed by atoms with Crippen LogP contribution >= 0.6 is 0 Å². The lowest BCUT2D eigenvalue weighted by molar-refractivity contribution is -0.148. The van der Waals surface area contributed by atoms with Gasteiger partial charge in [0.2, 0.25) is 15.9 Å². The molecule has 1 aromatic rings. The Balaban J connectivity index is 1.91. The Bertz CT molecular complexity index is 942. The number of carbonyl (C=O) groups is 3. The van der Waals surface area contributed by atoms with E-state index in [1.807, 2.05) is 4.72 Å². The molecule has 0 radical (unpaired) electrons. The van der Waals surface area contributed by atoms with Gasteiger partial charge in [-0.15, -0.1) is 0 Å². The zero-order valence-electron chi connectivity index (χ0n) is 16.9. The summed E-state index contributed by atoms with van der Waals surface area (Å²) in [6, 6.07) is 2.98. The summed E-state index contributed by atoms with van der Waals surface area (Å²) in [7, 11) is -4.34. The Morgan fingerprint density at radius 3 is 2.19 bits per heavy atom. The van der Waals surface area contributed by atoms with Crippen molar-refractivity contribution in [3.8, 4) is 0 Å². The summed E-state index contributed by atoms with van der Waals surface area (Å²) >= 11 is 0. The van der Waals surface area contributed by atoms with Crippen LogP contribution in [0.3, 0.4) is 0 Å². The average molecular weight is 464 g/mol. The first kappa shape index (κ1) is 24.6. The number of carbonyl (C=O) groups excluding carboxylic acids is 3. The molecule has 0 unspecified atom stereocenters. The van der Waals surface area contributed by atoms with Gasteiger partial charge >= 0.3 is 18.0 Å². The molecule has 31 heavy (non-hydrogen) atoms. The summed E-state index contributed by atoms with van der Waals surface area (Å²) in [4.78, 5) is 38.1. The number of nitrogens with zero attached hydrogens (tertiary/aromatic N) is 2. The molecule has 1 fully saturated rings. The van der Waals surface area contributed by atoms with Crippen LogP contribution in [0.2, 0.25) is 0 Å². The van der Waals surface area contributed by atoms with Crippen molar-refractivity contribution in [1.29, 1.82) is 0 Å². The zero-order chi connectivity index (χ0) is 23.4. The standard InChI is InChI=1S/C18H23F3N4O5S/c1-12(2)23-16(27)17(28)25-8-6-24(7-9-25)15(26)11-22-31(29,30)14-5-3-4-13(10-14)18(19,20)21/h3-5,10,12,22H,6-9,11H2,1-2H3,(H,23,27). The van der Waals surface area contributed by atoms with E-state index in [-0.39, 0.29) is 32.2 Å². The van der Waals surface area contributed by atoms with Crippen LogP contribution in [0.1, 0.15) is 19.4 Å². The number of rotatable bonds is 5. The minimum atomic E-state index is -4.70. The van der Waals surface area contributed by atoms with Crippen molar-refractivity contribution < 1.29 is 36.0 Å². The van der Waals surface area contributed by atoms with E-state index in [4.69, 9.17) is 0 Å². The maximum atomic E-state index is 12.8. The summed E-state index contributed by atoms with van der Waals surface area (Å²) in [5.74, 6) is -2.07. The van der Waals surface area contributed by atoms with Crippen molar-refractivity contribution >= 4 is 27.7 Å². The van der Waals surface area contributed by atoms with Gasteiger partial charge in [-0.3, -0.25) is 14.4 Å². The van der Waals surface area contributed by atoms with E-state index in [9.17, 15) is 36.0 Å². The minimum absolute atomic E-state index is 0.0881. The second-order valence-electron chi connectivity index (χ2n) is 7.15. The van der Waals surface area contributed by atoms with Gasteiger partial charge in [-0.2, -0.15) is 13.2 Å². The van der Waals surface area contributed by atoms with Gasteiger partial charge in [0.15, 0.2) is 0 Å². The number of benzene rings is 1. The van der Waals surface area contributed by atoms with E-state index >= 15 is 0 Å². The number of amides is 3. The number of piperazine rings is 1. The highest BCUT2D eigenvalue weighted by atomic mass is 32.2. The third-order valence-electron chi connectivity index (χ3n) is 4.42. The van der Waals surface area contributed by atoms with Gasteiger partial charge in [0, 0.05) is 32.2 Å². The molecule has 1 aliphatic rings. The summed E-state index contributed by atoms with van der Waals surface area (Å²) in [6.45, 7) is 3.13. The minimum Gasteiger partial charge on any atom is -0.346 e. The number of sulfonamides is 1. The lowest BCUT2D eigenvalue weighted by Gasteiger charge is -2.34. The molecule has 2 N–H and O–H groups in total. The molecule has 1 saturated heterocycles. The van der Waals surface area contributed by atoms with E-state index in [0.29, 0.717) is 6.07 Å². The fourth-order valence-corrected chi connectivity index (χ4v) is 3.84. The first-order valence-electron chi connectivity index (χ1n) is 9.35. The number of alkyl halides is 3. The van der Waals surface area contributed by atoms with Crippen molar-refractivity contribution in [2.75, 3.05) is 32.7 Å². The van der Waals surface area contributed by atoms with Crippen LogP contribution in [0, 0.1) is 0 Å². The molecule has 13 heteroatoms. The summed E-state index contributed by atoms with van der Waals surface area (Å²) in [5, 5.41) is 2.48. The van der Waals surface area contributed by atoms with E-state index in [2.05, 4.69) is 5.32 Å².